The summed E-state index contributed by atoms with van der Waals surface area (Å²) in [5.41, 5.74) is 1.49. The summed E-state index contributed by atoms with van der Waals surface area (Å²) in [6.07, 6.45) is 0.305. The van der Waals surface area contributed by atoms with E-state index in [0.717, 1.165) is 5.56 Å². The number of rotatable bonds is 7. The van der Waals surface area contributed by atoms with Gasteiger partial charge in [0.15, 0.2) is 0 Å². The smallest absolute Gasteiger partial charge is 0.306 e. The molecule has 104 valence electrons. The minimum atomic E-state index is -0.271. The van der Waals surface area contributed by atoms with E-state index in [9.17, 15) is 9.59 Å². The molecular weight excluding hydrogens is 266 g/mol. The molecule has 2 N–H and O–H groups in total. The van der Waals surface area contributed by atoms with E-state index in [-0.39, 0.29) is 18.5 Å². The second-order valence-electron chi connectivity index (χ2n) is 3.78. The molecule has 0 aliphatic rings. The van der Waals surface area contributed by atoms with Crippen molar-refractivity contribution in [3.05, 3.63) is 29.8 Å². The molecule has 1 rings (SSSR count). The van der Waals surface area contributed by atoms with Crippen LogP contribution in [0.1, 0.15) is 12.0 Å². The van der Waals surface area contributed by atoms with Crippen molar-refractivity contribution in [2.24, 2.45) is 0 Å². The molecule has 0 radical (unpaired) electrons. The van der Waals surface area contributed by atoms with Gasteiger partial charge in [0.1, 0.15) is 0 Å². The van der Waals surface area contributed by atoms with Crippen LogP contribution < -0.4 is 5.32 Å². The zero-order valence-electron chi connectivity index (χ0n) is 10.7. The molecular formula is C13H17NO4S. The Labute approximate surface area is 116 Å². The van der Waals surface area contributed by atoms with Crippen LogP contribution in [0.5, 0.6) is 0 Å². The Morgan fingerprint density at radius 3 is 2.58 bits per heavy atom. The van der Waals surface area contributed by atoms with Gasteiger partial charge in [-0.25, -0.2) is 0 Å². The molecule has 1 aromatic carbocycles. The molecule has 0 atom stereocenters. The van der Waals surface area contributed by atoms with Crippen LogP contribution in [0, 0.1) is 0 Å². The highest BCUT2D eigenvalue weighted by molar-refractivity contribution is 7.99. The van der Waals surface area contributed by atoms with Crippen molar-refractivity contribution in [3.63, 3.8) is 0 Å². The number of amides is 1. The van der Waals surface area contributed by atoms with Crippen LogP contribution in [-0.2, 0) is 20.9 Å². The molecule has 0 saturated heterocycles. The van der Waals surface area contributed by atoms with Gasteiger partial charge < -0.3 is 15.2 Å². The summed E-state index contributed by atoms with van der Waals surface area (Å²) in [7, 11) is 1.34. The fourth-order valence-electron chi connectivity index (χ4n) is 1.31. The van der Waals surface area contributed by atoms with E-state index in [2.05, 4.69) is 10.1 Å². The molecule has 0 heterocycles. The standard InChI is InChI=1S/C13H17NO4S/c1-18-13(17)6-7-19-9-12(16)14-11-4-2-10(8-15)3-5-11/h2-5,15H,6-9H2,1H3,(H,14,16). The fourth-order valence-corrected chi connectivity index (χ4v) is 2.03. The third-order valence-electron chi connectivity index (χ3n) is 2.33. The van der Waals surface area contributed by atoms with Crippen molar-refractivity contribution in [3.8, 4) is 0 Å². The highest BCUT2D eigenvalue weighted by atomic mass is 32.2. The number of nitrogens with one attached hydrogen (secondary N) is 1. The van der Waals surface area contributed by atoms with E-state index >= 15 is 0 Å². The summed E-state index contributed by atoms with van der Waals surface area (Å²) in [5.74, 6) is 0.460. The van der Waals surface area contributed by atoms with Gasteiger partial charge in [-0.15, -0.1) is 0 Å². The monoisotopic (exact) mass is 283 g/mol. The Morgan fingerprint density at radius 1 is 1.32 bits per heavy atom. The predicted octanol–water partition coefficient (Wildman–Crippen LogP) is 1.41. The minimum absolute atomic E-state index is 0.0163. The lowest BCUT2D eigenvalue weighted by molar-refractivity contribution is -0.140. The van der Waals surface area contributed by atoms with Crippen molar-refractivity contribution >= 4 is 29.3 Å². The second-order valence-corrected chi connectivity index (χ2v) is 4.89. The molecule has 19 heavy (non-hydrogen) atoms. The van der Waals surface area contributed by atoms with Gasteiger partial charge in [0.2, 0.25) is 5.91 Å². The van der Waals surface area contributed by atoms with Gasteiger partial charge in [-0.1, -0.05) is 12.1 Å². The van der Waals surface area contributed by atoms with E-state index in [1.54, 1.807) is 24.3 Å². The molecule has 0 aromatic heterocycles. The Hall–Kier alpha value is -1.53. The summed E-state index contributed by atoms with van der Waals surface area (Å²) in [6, 6.07) is 6.98. The van der Waals surface area contributed by atoms with E-state index < -0.39 is 0 Å². The first kappa shape index (κ1) is 15.5. The maximum atomic E-state index is 11.6. The number of aliphatic hydroxyl groups is 1. The molecule has 1 amide bonds. The Bertz CT molecular complexity index is 419. The number of methoxy groups -OCH3 is 1. The second kappa shape index (κ2) is 8.55. The van der Waals surface area contributed by atoms with Gasteiger partial charge in [-0.2, -0.15) is 11.8 Å². The third-order valence-corrected chi connectivity index (χ3v) is 3.29. The third kappa shape index (κ3) is 6.26. The molecule has 0 aliphatic heterocycles. The SMILES string of the molecule is COC(=O)CCSCC(=O)Nc1ccc(CO)cc1. The Kier molecular flexibility index (Phi) is 6.99. The number of anilines is 1. The van der Waals surface area contributed by atoms with Gasteiger partial charge >= 0.3 is 5.97 Å². The van der Waals surface area contributed by atoms with Crippen molar-refractivity contribution < 1.29 is 19.4 Å². The van der Waals surface area contributed by atoms with Gasteiger partial charge in [-0.05, 0) is 17.7 Å². The van der Waals surface area contributed by atoms with Gasteiger partial charge in [0.05, 0.1) is 25.9 Å². The highest BCUT2D eigenvalue weighted by Gasteiger charge is 2.04. The van der Waals surface area contributed by atoms with Crippen molar-refractivity contribution in [2.75, 3.05) is 23.9 Å². The zero-order valence-corrected chi connectivity index (χ0v) is 11.5. The molecule has 0 bridgehead atoms. The maximum Gasteiger partial charge on any atom is 0.306 e. The summed E-state index contributed by atoms with van der Waals surface area (Å²) in [5, 5.41) is 11.6. The normalized spacial score (nSPS) is 10.0. The lowest BCUT2D eigenvalue weighted by Crippen LogP contribution is -2.14. The van der Waals surface area contributed by atoms with Crippen LogP contribution in [0.3, 0.4) is 0 Å². The molecule has 0 fully saturated rings. The Morgan fingerprint density at radius 2 is 2.00 bits per heavy atom. The summed E-state index contributed by atoms with van der Waals surface area (Å²) < 4.78 is 4.50. The number of carbonyl (C=O) groups excluding carboxylic acids is 2. The van der Waals surface area contributed by atoms with Crippen molar-refractivity contribution in [1.29, 1.82) is 0 Å². The predicted molar refractivity (Wildman–Crippen MR) is 75.0 cm³/mol. The van der Waals surface area contributed by atoms with E-state index in [1.807, 2.05) is 0 Å². The van der Waals surface area contributed by atoms with Gasteiger partial charge in [-0.3, -0.25) is 9.59 Å². The Balaban J connectivity index is 2.25. The molecule has 0 aliphatic carbocycles. The maximum absolute atomic E-state index is 11.6. The number of esters is 1. The molecule has 1 aromatic rings. The van der Waals surface area contributed by atoms with E-state index in [0.29, 0.717) is 23.6 Å². The average Bonchev–Trinajstić information content (AvgIpc) is 2.44. The van der Waals surface area contributed by atoms with Crippen LogP contribution in [-0.4, -0.2) is 35.6 Å². The number of hydrogen-bond acceptors (Lipinski definition) is 5. The lowest BCUT2D eigenvalue weighted by Gasteiger charge is -2.05. The summed E-state index contributed by atoms with van der Waals surface area (Å²) >= 11 is 1.38. The topological polar surface area (TPSA) is 75.6 Å². The first-order chi connectivity index (χ1) is 9.15. The minimum Gasteiger partial charge on any atom is -0.469 e. The molecule has 5 nitrogen and oxygen atoms in total. The van der Waals surface area contributed by atoms with Crippen LogP contribution in [0.15, 0.2) is 24.3 Å². The first-order valence-electron chi connectivity index (χ1n) is 5.80. The summed E-state index contributed by atoms with van der Waals surface area (Å²) in [4.78, 5) is 22.4. The van der Waals surface area contributed by atoms with Gasteiger partial charge in [0.25, 0.3) is 0 Å². The molecule has 0 spiro atoms. The lowest BCUT2D eigenvalue weighted by atomic mass is 10.2. The number of benzene rings is 1. The largest absolute Gasteiger partial charge is 0.469 e. The van der Waals surface area contributed by atoms with Gasteiger partial charge in [0, 0.05) is 11.4 Å². The number of thioether (sulfide) groups is 1. The van der Waals surface area contributed by atoms with Crippen LogP contribution >= 0.6 is 11.8 Å². The number of aliphatic hydroxyl groups excluding tert-OH is 1. The zero-order chi connectivity index (χ0) is 14.1. The first-order valence-corrected chi connectivity index (χ1v) is 6.95. The van der Waals surface area contributed by atoms with Crippen molar-refractivity contribution in [1.82, 2.24) is 0 Å². The van der Waals surface area contributed by atoms with Crippen LogP contribution in [0.25, 0.3) is 0 Å². The van der Waals surface area contributed by atoms with Crippen LogP contribution in [0.4, 0.5) is 5.69 Å². The molecule has 6 heteroatoms. The number of ether oxygens (including phenoxy) is 1. The quantitative estimate of drug-likeness (QED) is 0.584. The highest BCUT2D eigenvalue weighted by Crippen LogP contribution is 2.11. The number of carbonyl (C=O) groups is 2. The summed E-state index contributed by atoms with van der Waals surface area (Å²) in [6.45, 7) is -0.0163. The van der Waals surface area contributed by atoms with E-state index in [4.69, 9.17) is 5.11 Å². The average molecular weight is 283 g/mol. The van der Waals surface area contributed by atoms with E-state index in [1.165, 1.54) is 18.9 Å². The molecule has 0 saturated carbocycles. The molecule has 0 unspecified atom stereocenters. The van der Waals surface area contributed by atoms with Crippen molar-refractivity contribution in [2.45, 2.75) is 13.0 Å². The fraction of sp³-hybridized carbons (Fsp3) is 0.385. The number of hydrogen-bond donors (Lipinski definition) is 2. The van der Waals surface area contributed by atoms with Crippen LogP contribution in [0.2, 0.25) is 0 Å².